The molecule has 0 aliphatic rings. The van der Waals surface area contributed by atoms with E-state index in [9.17, 15) is 4.79 Å². The van der Waals surface area contributed by atoms with Crippen LogP contribution < -0.4 is 5.32 Å². The maximum Gasteiger partial charge on any atom is 0.225 e. The second kappa shape index (κ2) is 6.01. The van der Waals surface area contributed by atoms with Gasteiger partial charge in [0, 0.05) is 17.5 Å². The van der Waals surface area contributed by atoms with E-state index in [2.05, 4.69) is 40.3 Å². The SMILES string of the molecule is O=C(CCS)Nc1ccc(-c2ccc3[nH]ncc3c2)cc1. The minimum atomic E-state index is -0.0161. The number of thiol groups is 1. The Morgan fingerprint density at radius 1 is 1.14 bits per heavy atom. The van der Waals surface area contributed by atoms with Crippen LogP contribution in [0.4, 0.5) is 5.69 Å². The molecule has 0 radical (unpaired) electrons. The van der Waals surface area contributed by atoms with E-state index in [4.69, 9.17) is 0 Å². The van der Waals surface area contributed by atoms with Gasteiger partial charge in [0.05, 0.1) is 11.7 Å². The highest BCUT2D eigenvalue weighted by Gasteiger charge is 2.03. The molecule has 0 spiro atoms. The average Bonchev–Trinajstić information content (AvgIpc) is 2.95. The van der Waals surface area contributed by atoms with Crippen LogP contribution in [-0.2, 0) is 4.79 Å². The molecule has 0 aliphatic heterocycles. The summed E-state index contributed by atoms with van der Waals surface area (Å²) in [5.41, 5.74) is 4.05. The lowest BCUT2D eigenvalue weighted by Gasteiger charge is -2.06. The van der Waals surface area contributed by atoms with E-state index in [0.29, 0.717) is 12.2 Å². The summed E-state index contributed by atoms with van der Waals surface area (Å²) in [7, 11) is 0. The van der Waals surface area contributed by atoms with Crippen LogP contribution in [0.1, 0.15) is 6.42 Å². The Morgan fingerprint density at radius 3 is 2.67 bits per heavy atom. The van der Waals surface area contributed by atoms with Crippen LogP contribution in [0.3, 0.4) is 0 Å². The molecule has 4 nitrogen and oxygen atoms in total. The smallest absolute Gasteiger partial charge is 0.225 e. The highest BCUT2D eigenvalue weighted by atomic mass is 32.1. The van der Waals surface area contributed by atoms with Crippen molar-refractivity contribution in [2.24, 2.45) is 0 Å². The number of benzene rings is 2. The number of aromatic nitrogens is 2. The van der Waals surface area contributed by atoms with Gasteiger partial charge in [-0.15, -0.1) is 0 Å². The first-order valence-electron chi connectivity index (χ1n) is 6.70. The molecule has 3 aromatic rings. The summed E-state index contributed by atoms with van der Waals surface area (Å²) in [6, 6.07) is 14.0. The van der Waals surface area contributed by atoms with Crippen molar-refractivity contribution in [3.63, 3.8) is 0 Å². The summed E-state index contributed by atoms with van der Waals surface area (Å²) in [5, 5.41) is 10.9. The summed E-state index contributed by atoms with van der Waals surface area (Å²) < 4.78 is 0. The summed E-state index contributed by atoms with van der Waals surface area (Å²) in [6.45, 7) is 0. The number of aromatic amines is 1. The molecule has 0 saturated heterocycles. The predicted molar refractivity (Wildman–Crippen MR) is 88.6 cm³/mol. The van der Waals surface area contributed by atoms with E-state index in [-0.39, 0.29) is 5.91 Å². The fourth-order valence-electron chi connectivity index (χ4n) is 2.19. The van der Waals surface area contributed by atoms with Crippen molar-refractivity contribution < 1.29 is 4.79 Å². The van der Waals surface area contributed by atoms with Gasteiger partial charge in [-0.05, 0) is 41.1 Å². The lowest BCUT2D eigenvalue weighted by Crippen LogP contribution is -2.11. The normalized spacial score (nSPS) is 10.7. The molecular formula is C16H15N3OS. The molecular weight excluding hydrogens is 282 g/mol. The summed E-state index contributed by atoms with van der Waals surface area (Å²) in [6.07, 6.45) is 2.23. The van der Waals surface area contributed by atoms with Crippen molar-refractivity contribution in [2.45, 2.75) is 6.42 Å². The average molecular weight is 297 g/mol. The van der Waals surface area contributed by atoms with E-state index in [0.717, 1.165) is 27.7 Å². The zero-order chi connectivity index (χ0) is 14.7. The number of rotatable bonds is 4. The third-order valence-electron chi connectivity index (χ3n) is 3.28. The van der Waals surface area contributed by atoms with Gasteiger partial charge in [0.2, 0.25) is 5.91 Å². The third kappa shape index (κ3) is 3.08. The first kappa shape index (κ1) is 13.7. The van der Waals surface area contributed by atoms with Gasteiger partial charge >= 0.3 is 0 Å². The van der Waals surface area contributed by atoms with Gasteiger partial charge in [0.15, 0.2) is 0 Å². The van der Waals surface area contributed by atoms with E-state index in [1.54, 1.807) is 0 Å². The lowest BCUT2D eigenvalue weighted by atomic mass is 10.0. The van der Waals surface area contributed by atoms with Gasteiger partial charge < -0.3 is 5.32 Å². The zero-order valence-electron chi connectivity index (χ0n) is 11.3. The number of hydrogen-bond acceptors (Lipinski definition) is 3. The molecule has 1 heterocycles. The molecule has 2 aromatic carbocycles. The molecule has 5 heteroatoms. The quantitative estimate of drug-likeness (QED) is 0.646. The van der Waals surface area contributed by atoms with Crippen LogP contribution in [0.2, 0.25) is 0 Å². The van der Waals surface area contributed by atoms with Crippen LogP contribution in [0.5, 0.6) is 0 Å². The van der Waals surface area contributed by atoms with E-state index < -0.39 is 0 Å². The van der Waals surface area contributed by atoms with Crippen LogP contribution in [0.25, 0.3) is 22.0 Å². The molecule has 0 saturated carbocycles. The van der Waals surface area contributed by atoms with Gasteiger partial charge in [-0.25, -0.2) is 0 Å². The first-order valence-corrected chi connectivity index (χ1v) is 7.34. The van der Waals surface area contributed by atoms with Crippen molar-refractivity contribution in [1.82, 2.24) is 10.2 Å². The molecule has 3 rings (SSSR count). The van der Waals surface area contributed by atoms with Gasteiger partial charge in [-0.1, -0.05) is 18.2 Å². The van der Waals surface area contributed by atoms with E-state index >= 15 is 0 Å². The lowest BCUT2D eigenvalue weighted by molar-refractivity contribution is -0.115. The minimum Gasteiger partial charge on any atom is -0.326 e. The Morgan fingerprint density at radius 2 is 1.90 bits per heavy atom. The number of nitrogens with zero attached hydrogens (tertiary/aromatic N) is 1. The second-order valence-electron chi connectivity index (χ2n) is 4.77. The van der Waals surface area contributed by atoms with Gasteiger partial charge in [-0.2, -0.15) is 17.7 Å². The van der Waals surface area contributed by atoms with Gasteiger partial charge in [0.25, 0.3) is 0 Å². The molecule has 0 aliphatic carbocycles. The monoisotopic (exact) mass is 297 g/mol. The largest absolute Gasteiger partial charge is 0.326 e. The first-order chi connectivity index (χ1) is 10.3. The fourth-order valence-corrected chi connectivity index (χ4v) is 2.40. The Hall–Kier alpha value is -2.27. The van der Waals surface area contributed by atoms with E-state index in [1.165, 1.54) is 0 Å². The minimum absolute atomic E-state index is 0.0161. The predicted octanol–water partition coefficient (Wildman–Crippen LogP) is 3.49. The molecule has 0 unspecified atom stereocenters. The maximum absolute atomic E-state index is 11.5. The standard InChI is InChI=1S/C16H15N3OS/c20-16(7-8-21)18-14-4-1-11(2-5-14)12-3-6-15-13(9-12)10-17-19-15/h1-6,9-10,21H,7-8H2,(H,17,19)(H,18,20). The van der Waals surface area contributed by atoms with Gasteiger partial charge in [0.1, 0.15) is 0 Å². The summed E-state index contributed by atoms with van der Waals surface area (Å²) in [4.78, 5) is 11.5. The second-order valence-corrected chi connectivity index (χ2v) is 5.22. The van der Waals surface area contributed by atoms with Crippen LogP contribution in [-0.4, -0.2) is 21.9 Å². The van der Waals surface area contributed by atoms with Crippen molar-refractivity contribution in [1.29, 1.82) is 0 Å². The van der Waals surface area contributed by atoms with Crippen molar-refractivity contribution in [2.75, 3.05) is 11.1 Å². The fraction of sp³-hybridized carbons (Fsp3) is 0.125. The molecule has 2 N–H and O–H groups in total. The number of H-pyrrole nitrogens is 1. The van der Waals surface area contributed by atoms with E-state index in [1.807, 2.05) is 36.5 Å². The van der Waals surface area contributed by atoms with Crippen LogP contribution in [0.15, 0.2) is 48.7 Å². The topological polar surface area (TPSA) is 57.8 Å². The number of carbonyl (C=O) groups is 1. The van der Waals surface area contributed by atoms with Crippen LogP contribution in [0, 0.1) is 0 Å². The molecule has 0 atom stereocenters. The number of nitrogens with one attached hydrogen (secondary N) is 2. The van der Waals surface area contributed by atoms with Crippen molar-refractivity contribution in [3.8, 4) is 11.1 Å². The maximum atomic E-state index is 11.5. The number of amides is 1. The molecule has 0 fully saturated rings. The molecule has 21 heavy (non-hydrogen) atoms. The highest BCUT2D eigenvalue weighted by Crippen LogP contribution is 2.24. The van der Waals surface area contributed by atoms with Gasteiger partial charge in [-0.3, -0.25) is 9.89 Å². The van der Waals surface area contributed by atoms with Crippen LogP contribution >= 0.6 is 12.6 Å². The number of anilines is 1. The highest BCUT2D eigenvalue weighted by molar-refractivity contribution is 7.80. The van der Waals surface area contributed by atoms with Crippen molar-refractivity contribution >= 4 is 35.1 Å². The Labute approximate surface area is 128 Å². The Balaban J connectivity index is 1.81. The summed E-state index contributed by atoms with van der Waals surface area (Å²) in [5.74, 6) is 0.534. The molecule has 106 valence electrons. The zero-order valence-corrected chi connectivity index (χ0v) is 12.2. The number of carbonyl (C=O) groups excluding carboxylic acids is 1. The molecule has 1 amide bonds. The van der Waals surface area contributed by atoms with Crippen molar-refractivity contribution in [3.05, 3.63) is 48.7 Å². The summed E-state index contributed by atoms with van der Waals surface area (Å²) >= 11 is 4.05. The Bertz CT molecular complexity index is 765. The third-order valence-corrected chi connectivity index (χ3v) is 3.50. The number of fused-ring (bicyclic) bond motifs is 1. The number of hydrogen-bond donors (Lipinski definition) is 3. The molecule has 0 bridgehead atoms. The Kier molecular flexibility index (Phi) is 3.92. The molecule has 1 aromatic heterocycles.